The normalized spacial score (nSPS) is 12.0. The topological polar surface area (TPSA) is 36.9 Å². The number of hydrogen-bond acceptors (Lipinski definition) is 4. The Morgan fingerprint density at radius 1 is 0.560 bits per heavy atom. The standard InChI is InChI=1S/C20H41O4Si/c1-4-7-16-21-20(22-17-8-5-2,23-18-9-6-3)15-13-11-10-12-14-19-24-25/h4-19H2,1-3H3. The Morgan fingerprint density at radius 3 is 1.44 bits per heavy atom. The molecule has 0 aromatic carbocycles. The third kappa shape index (κ3) is 14.9. The average Bonchev–Trinajstić information content (AvgIpc) is 2.61. The fourth-order valence-corrected chi connectivity index (χ4v) is 2.65. The molecule has 0 aliphatic carbocycles. The van der Waals surface area contributed by atoms with Crippen molar-refractivity contribution in [1.29, 1.82) is 0 Å². The van der Waals surface area contributed by atoms with E-state index in [1.807, 2.05) is 0 Å². The molecule has 25 heavy (non-hydrogen) atoms. The van der Waals surface area contributed by atoms with Crippen molar-refractivity contribution >= 4 is 10.5 Å². The highest BCUT2D eigenvalue weighted by atomic mass is 28.2. The Hall–Kier alpha value is 0.0569. The van der Waals surface area contributed by atoms with Crippen LogP contribution in [0.1, 0.15) is 97.8 Å². The summed E-state index contributed by atoms with van der Waals surface area (Å²) in [5.41, 5.74) is 0. The van der Waals surface area contributed by atoms with Gasteiger partial charge in [-0.05, 0) is 32.1 Å². The molecule has 0 heterocycles. The molecule has 0 spiro atoms. The first kappa shape index (κ1) is 25.1. The van der Waals surface area contributed by atoms with Gasteiger partial charge in [0.05, 0.1) is 19.8 Å². The lowest BCUT2D eigenvalue weighted by Gasteiger charge is -2.33. The zero-order valence-electron chi connectivity index (χ0n) is 16.9. The van der Waals surface area contributed by atoms with Crippen LogP contribution in [0.25, 0.3) is 0 Å². The number of ether oxygens (including phenoxy) is 3. The van der Waals surface area contributed by atoms with Gasteiger partial charge in [-0.2, -0.15) is 0 Å². The van der Waals surface area contributed by atoms with Crippen LogP contribution in [0.4, 0.5) is 0 Å². The van der Waals surface area contributed by atoms with E-state index in [1.54, 1.807) is 0 Å². The fraction of sp³-hybridized carbons (Fsp3) is 1.00. The van der Waals surface area contributed by atoms with Crippen molar-refractivity contribution in [1.82, 2.24) is 0 Å². The van der Waals surface area contributed by atoms with Gasteiger partial charge in [-0.3, -0.25) is 0 Å². The Labute approximate surface area is 159 Å². The van der Waals surface area contributed by atoms with Gasteiger partial charge in [0.25, 0.3) is 5.97 Å². The average molecular weight is 374 g/mol. The summed E-state index contributed by atoms with van der Waals surface area (Å²) in [6.07, 6.45) is 13.1. The fourth-order valence-electron chi connectivity index (χ4n) is 2.50. The van der Waals surface area contributed by atoms with Gasteiger partial charge < -0.3 is 18.6 Å². The van der Waals surface area contributed by atoms with Gasteiger partial charge in [-0.15, -0.1) is 0 Å². The van der Waals surface area contributed by atoms with Crippen molar-refractivity contribution in [3.63, 3.8) is 0 Å². The summed E-state index contributed by atoms with van der Waals surface area (Å²) in [7, 11) is 3.04. The number of rotatable bonds is 20. The summed E-state index contributed by atoms with van der Waals surface area (Å²) < 4.78 is 23.3. The van der Waals surface area contributed by atoms with E-state index in [0.717, 1.165) is 64.4 Å². The summed E-state index contributed by atoms with van der Waals surface area (Å²) in [6.45, 7) is 9.43. The summed E-state index contributed by atoms with van der Waals surface area (Å²) in [6, 6.07) is 0. The molecular weight excluding hydrogens is 332 g/mol. The largest absolute Gasteiger partial charge is 0.419 e. The molecule has 0 aromatic rings. The van der Waals surface area contributed by atoms with Gasteiger partial charge in [-0.1, -0.05) is 59.3 Å². The SMILES string of the molecule is CCCCOC(CCCCCCCO[Si])(OCCCC)OCCCC. The van der Waals surface area contributed by atoms with Gasteiger partial charge in [0, 0.05) is 13.0 Å². The van der Waals surface area contributed by atoms with Crippen LogP contribution in [-0.4, -0.2) is 42.9 Å². The third-order valence-electron chi connectivity index (χ3n) is 4.19. The van der Waals surface area contributed by atoms with E-state index in [2.05, 4.69) is 31.3 Å². The lowest BCUT2D eigenvalue weighted by Crippen LogP contribution is -2.40. The molecule has 0 N–H and O–H groups in total. The van der Waals surface area contributed by atoms with E-state index in [9.17, 15) is 0 Å². The van der Waals surface area contributed by atoms with Gasteiger partial charge in [0.1, 0.15) is 0 Å². The number of hydrogen-bond donors (Lipinski definition) is 0. The summed E-state index contributed by atoms with van der Waals surface area (Å²) in [5, 5.41) is 0. The minimum absolute atomic E-state index is 0.706. The second kappa shape index (κ2) is 18.8. The molecule has 0 atom stereocenters. The molecule has 149 valence electrons. The van der Waals surface area contributed by atoms with Crippen molar-refractivity contribution in [3.05, 3.63) is 0 Å². The minimum Gasteiger partial charge on any atom is -0.419 e. The molecule has 3 radical (unpaired) electrons. The van der Waals surface area contributed by atoms with Crippen molar-refractivity contribution < 1.29 is 18.6 Å². The quantitative estimate of drug-likeness (QED) is 0.160. The smallest absolute Gasteiger partial charge is 0.282 e. The minimum atomic E-state index is -0.835. The monoisotopic (exact) mass is 373 g/mol. The van der Waals surface area contributed by atoms with E-state index in [0.29, 0.717) is 19.8 Å². The second-order valence-corrected chi connectivity index (χ2v) is 6.94. The third-order valence-corrected chi connectivity index (χ3v) is 4.39. The van der Waals surface area contributed by atoms with Crippen LogP contribution >= 0.6 is 0 Å². The van der Waals surface area contributed by atoms with Gasteiger partial charge in [-0.25, -0.2) is 0 Å². The molecule has 0 saturated heterocycles. The van der Waals surface area contributed by atoms with E-state index in [4.69, 9.17) is 18.6 Å². The predicted octanol–water partition coefficient (Wildman–Crippen LogP) is 5.53. The van der Waals surface area contributed by atoms with Crippen LogP contribution < -0.4 is 0 Å². The Bertz CT molecular complexity index is 238. The highest BCUT2D eigenvalue weighted by Gasteiger charge is 2.32. The molecule has 0 fully saturated rings. The van der Waals surface area contributed by atoms with E-state index in [-0.39, 0.29) is 0 Å². The molecule has 0 saturated carbocycles. The van der Waals surface area contributed by atoms with Crippen molar-refractivity contribution in [2.24, 2.45) is 0 Å². The van der Waals surface area contributed by atoms with E-state index in [1.165, 1.54) is 19.3 Å². The first-order chi connectivity index (χ1) is 12.2. The van der Waals surface area contributed by atoms with Crippen LogP contribution in [0.3, 0.4) is 0 Å². The lowest BCUT2D eigenvalue weighted by molar-refractivity contribution is -0.384. The van der Waals surface area contributed by atoms with Gasteiger partial charge in [0.2, 0.25) is 10.5 Å². The van der Waals surface area contributed by atoms with Crippen molar-refractivity contribution in [3.8, 4) is 0 Å². The van der Waals surface area contributed by atoms with E-state index < -0.39 is 5.97 Å². The van der Waals surface area contributed by atoms with Crippen molar-refractivity contribution in [2.75, 3.05) is 26.4 Å². The van der Waals surface area contributed by atoms with Crippen molar-refractivity contribution in [2.45, 2.75) is 104 Å². The van der Waals surface area contributed by atoms with Crippen LogP contribution in [-0.2, 0) is 18.6 Å². The van der Waals surface area contributed by atoms with E-state index >= 15 is 0 Å². The van der Waals surface area contributed by atoms with Gasteiger partial charge in [0.15, 0.2) is 0 Å². The zero-order valence-corrected chi connectivity index (χ0v) is 17.9. The van der Waals surface area contributed by atoms with Gasteiger partial charge >= 0.3 is 0 Å². The maximum atomic E-state index is 6.14. The Kier molecular flexibility index (Phi) is 18.9. The maximum absolute atomic E-state index is 6.14. The zero-order chi connectivity index (χ0) is 18.6. The highest BCUT2D eigenvalue weighted by molar-refractivity contribution is 5.97. The lowest BCUT2D eigenvalue weighted by atomic mass is 10.1. The van der Waals surface area contributed by atoms with Crippen LogP contribution in [0, 0.1) is 0 Å². The molecule has 4 nitrogen and oxygen atoms in total. The first-order valence-electron chi connectivity index (χ1n) is 10.4. The summed E-state index contributed by atoms with van der Waals surface area (Å²) in [5.74, 6) is -0.835. The first-order valence-corrected chi connectivity index (χ1v) is 10.9. The molecule has 0 aliphatic rings. The van der Waals surface area contributed by atoms with Crippen LogP contribution in [0.2, 0.25) is 0 Å². The number of unbranched alkanes of at least 4 members (excludes halogenated alkanes) is 7. The Morgan fingerprint density at radius 2 is 1.00 bits per heavy atom. The molecule has 0 aliphatic heterocycles. The molecule has 0 aromatic heterocycles. The maximum Gasteiger partial charge on any atom is 0.282 e. The molecule has 0 rings (SSSR count). The molecule has 0 bridgehead atoms. The van der Waals surface area contributed by atoms with Crippen LogP contribution in [0.5, 0.6) is 0 Å². The molecule has 0 amide bonds. The highest BCUT2D eigenvalue weighted by Crippen LogP contribution is 2.25. The predicted molar refractivity (Wildman–Crippen MR) is 105 cm³/mol. The second-order valence-electron chi connectivity index (χ2n) is 6.66. The molecule has 5 heteroatoms. The molecule has 0 unspecified atom stereocenters. The Balaban J connectivity index is 4.43. The summed E-state index contributed by atoms with van der Waals surface area (Å²) in [4.78, 5) is 0. The summed E-state index contributed by atoms with van der Waals surface area (Å²) >= 11 is 0. The molecular formula is C20H41O4Si. The van der Waals surface area contributed by atoms with Crippen LogP contribution in [0.15, 0.2) is 0 Å².